The van der Waals surface area contributed by atoms with Crippen LogP contribution in [0.15, 0.2) is 42.5 Å². The van der Waals surface area contributed by atoms with E-state index in [1.807, 2.05) is 33.8 Å². The molecule has 0 saturated carbocycles. The van der Waals surface area contributed by atoms with Crippen molar-refractivity contribution in [2.24, 2.45) is 0 Å². The Morgan fingerprint density at radius 3 is 2.29 bits per heavy atom. The lowest BCUT2D eigenvalue weighted by Crippen LogP contribution is -2.52. The molecule has 0 saturated heterocycles. The Labute approximate surface area is 208 Å². The second-order valence-corrected chi connectivity index (χ2v) is 10.7. The number of carbonyl (C=O) groups is 2. The van der Waals surface area contributed by atoms with Crippen molar-refractivity contribution >= 4 is 39.1 Å². The molecule has 1 N–H and O–H groups in total. The average molecular weight is 508 g/mol. The van der Waals surface area contributed by atoms with E-state index in [9.17, 15) is 18.0 Å². The molecule has 34 heavy (non-hydrogen) atoms. The van der Waals surface area contributed by atoms with Gasteiger partial charge in [0.25, 0.3) is 0 Å². The van der Waals surface area contributed by atoms with Gasteiger partial charge in [0.05, 0.1) is 11.9 Å². The zero-order valence-corrected chi connectivity index (χ0v) is 22.0. The highest BCUT2D eigenvalue weighted by atomic mass is 35.5. The molecule has 0 aliphatic rings. The number of nitrogens with zero attached hydrogens (tertiary/aromatic N) is 2. The highest BCUT2D eigenvalue weighted by Crippen LogP contribution is 2.24. The summed E-state index contributed by atoms with van der Waals surface area (Å²) in [6, 6.07) is 11.6. The summed E-state index contributed by atoms with van der Waals surface area (Å²) < 4.78 is 26.4. The third-order valence-electron chi connectivity index (χ3n) is 5.69. The number of benzene rings is 2. The molecule has 9 heteroatoms. The maximum absolute atomic E-state index is 13.6. The Morgan fingerprint density at radius 1 is 1.06 bits per heavy atom. The first-order valence-electron chi connectivity index (χ1n) is 11.3. The van der Waals surface area contributed by atoms with Crippen molar-refractivity contribution in [1.29, 1.82) is 0 Å². The van der Waals surface area contributed by atoms with Gasteiger partial charge in [0.15, 0.2) is 0 Å². The highest BCUT2D eigenvalue weighted by Gasteiger charge is 2.32. The van der Waals surface area contributed by atoms with Crippen LogP contribution in [0.4, 0.5) is 5.69 Å². The van der Waals surface area contributed by atoms with Crippen LogP contribution in [0.3, 0.4) is 0 Å². The number of nitrogens with one attached hydrogen (secondary N) is 1. The molecule has 7 nitrogen and oxygen atoms in total. The Bertz CT molecular complexity index is 1120. The van der Waals surface area contributed by atoms with Gasteiger partial charge in [0, 0.05) is 18.1 Å². The minimum atomic E-state index is -3.76. The third kappa shape index (κ3) is 7.21. The molecule has 0 aromatic heterocycles. The molecule has 1 unspecified atom stereocenters. The second-order valence-electron chi connectivity index (χ2n) is 8.37. The lowest BCUT2D eigenvalue weighted by Gasteiger charge is -2.33. The van der Waals surface area contributed by atoms with Crippen molar-refractivity contribution in [3.8, 4) is 0 Å². The van der Waals surface area contributed by atoms with Crippen molar-refractivity contribution < 1.29 is 18.0 Å². The van der Waals surface area contributed by atoms with Crippen LogP contribution in [-0.2, 0) is 26.2 Å². The van der Waals surface area contributed by atoms with E-state index in [4.69, 9.17) is 11.6 Å². The van der Waals surface area contributed by atoms with E-state index in [1.54, 1.807) is 36.4 Å². The second kappa shape index (κ2) is 12.2. The SMILES string of the molecule is CCCNC(=O)C(CC)N(Cc1ccccc1Cl)C(=O)CN(c1ccc(C)c(C)c1)S(C)(=O)=O. The van der Waals surface area contributed by atoms with Crippen LogP contribution in [0, 0.1) is 13.8 Å². The third-order valence-corrected chi connectivity index (χ3v) is 7.20. The number of amides is 2. The number of sulfonamides is 1. The van der Waals surface area contributed by atoms with Gasteiger partial charge in [-0.05, 0) is 61.6 Å². The van der Waals surface area contributed by atoms with E-state index < -0.39 is 28.5 Å². The predicted molar refractivity (Wildman–Crippen MR) is 137 cm³/mol. The van der Waals surface area contributed by atoms with Crippen LogP contribution in [0.2, 0.25) is 5.02 Å². The van der Waals surface area contributed by atoms with E-state index in [0.29, 0.717) is 29.2 Å². The molecule has 0 spiro atoms. The van der Waals surface area contributed by atoms with Gasteiger partial charge in [-0.2, -0.15) is 0 Å². The van der Waals surface area contributed by atoms with Gasteiger partial charge in [0.2, 0.25) is 21.8 Å². The lowest BCUT2D eigenvalue weighted by molar-refractivity contribution is -0.140. The number of anilines is 1. The van der Waals surface area contributed by atoms with Gasteiger partial charge in [-0.25, -0.2) is 8.42 Å². The average Bonchev–Trinajstić information content (AvgIpc) is 2.78. The summed E-state index contributed by atoms with van der Waals surface area (Å²) >= 11 is 6.35. The molecule has 0 bridgehead atoms. The van der Waals surface area contributed by atoms with Crippen molar-refractivity contribution in [1.82, 2.24) is 10.2 Å². The molecule has 2 amide bonds. The van der Waals surface area contributed by atoms with Gasteiger partial charge in [0.1, 0.15) is 12.6 Å². The Kier molecular flexibility index (Phi) is 9.94. The number of hydrogen-bond acceptors (Lipinski definition) is 4. The molecule has 2 aromatic carbocycles. The van der Waals surface area contributed by atoms with Gasteiger partial charge in [-0.15, -0.1) is 0 Å². The zero-order chi connectivity index (χ0) is 25.5. The molecule has 0 radical (unpaired) electrons. The normalized spacial score (nSPS) is 12.2. The van der Waals surface area contributed by atoms with Crippen molar-refractivity contribution in [3.63, 3.8) is 0 Å². The topological polar surface area (TPSA) is 86.8 Å². The first-order chi connectivity index (χ1) is 16.0. The molecule has 0 aliphatic heterocycles. The van der Waals surface area contributed by atoms with Crippen LogP contribution in [0.1, 0.15) is 43.4 Å². The van der Waals surface area contributed by atoms with Crippen molar-refractivity contribution in [2.45, 2.75) is 53.1 Å². The molecule has 0 fully saturated rings. The van der Waals surface area contributed by atoms with E-state index in [2.05, 4.69) is 5.32 Å². The summed E-state index contributed by atoms with van der Waals surface area (Å²) in [7, 11) is -3.76. The summed E-state index contributed by atoms with van der Waals surface area (Å²) in [5.41, 5.74) is 3.01. The van der Waals surface area contributed by atoms with Gasteiger partial charge >= 0.3 is 0 Å². The molecular formula is C25H34ClN3O4S. The monoisotopic (exact) mass is 507 g/mol. The van der Waals surface area contributed by atoms with Crippen LogP contribution in [0.25, 0.3) is 0 Å². The fourth-order valence-electron chi connectivity index (χ4n) is 3.59. The summed E-state index contributed by atoms with van der Waals surface area (Å²) in [6.45, 7) is 7.73. The largest absolute Gasteiger partial charge is 0.354 e. The van der Waals surface area contributed by atoms with Crippen molar-refractivity contribution in [3.05, 3.63) is 64.2 Å². The molecule has 186 valence electrons. The molecule has 2 aromatic rings. The molecule has 0 heterocycles. The van der Waals surface area contributed by atoms with E-state index >= 15 is 0 Å². The smallest absolute Gasteiger partial charge is 0.244 e. The summed E-state index contributed by atoms with van der Waals surface area (Å²) in [5, 5.41) is 3.32. The molecular weight excluding hydrogens is 474 g/mol. The van der Waals surface area contributed by atoms with Gasteiger partial charge < -0.3 is 10.2 Å². The maximum Gasteiger partial charge on any atom is 0.244 e. The highest BCUT2D eigenvalue weighted by molar-refractivity contribution is 7.92. The number of halogens is 1. The summed E-state index contributed by atoms with van der Waals surface area (Å²) in [4.78, 5) is 28.0. The molecule has 0 aliphatic carbocycles. The Balaban J connectivity index is 2.46. The predicted octanol–water partition coefficient (Wildman–Crippen LogP) is 4.06. The lowest BCUT2D eigenvalue weighted by atomic mass is 10.1. The number of hydrogen-bond donors (Lipinski definition) is 1. The number of carbonyl (C=O) groups excluding carboxylic acids is 2. The maximum atomic E-state index is 13.6. The van der Waals surface area contributed by atoms with E-state index in [1.165, 1.54) is 4.90 Å². The standard InChI is InChI=1S/C25H34ClN3O4S/c1-6-14-27-25(31)23(7-2)28(16-20-10-8-9-11-22(20)26)24(30)17-29(34(5,32)33)21-13-12-18(3)19(4)15-21/h8-13,15,23H,6-7,14,16-17H2,1-5H3,(H,27,31). The summed E-state index contributed by atoms with van der Waals surface area (Å²) in [5.74, 6) is -0.760. The quantitative estimate of drug-likeness (QED) is 0.497. The molecule has 2 rings (SSSR count). The van der Waals surface area contributed by atoms with Crippen LogP contribution >= 0.6 is 11.6 Å². The zero-order valence-electron chi connectivity index (χ0n) is 20.5. The minimum Gasteiger partial charge on any atom is -0.354 e. The van der Waals surface area contributed by atoms with Gasteiger partial charge in [-0.1, -0.05) is 49.7 Å². The fourth-order valence-corrected chi connectivity index (χ4v) is 4.63. The Morgan fingerprint density at radius 2 is 1.74 bits per heavy atom. The van der Waals surface area contributed by atoms with Crippen molar-refractivity contribution in [2.75, 3.05) is 23.7 Å². The van der Waals surface area contributed by atoms with E-state index in [-0.39, 0.29) is 12.5 Å². The summed E-state index contributed by atoms with van der Waals surface area (Å²) in [6.07, 6.45) is 2.20. The Hall–Kier alpha value is -2.58. The van der Waals surface area contributed by atoms with E-state index in [0.717, 1.165) is 28.1 Å². The first-order valence-corrected chi connectivity index (χ1v) is 13.6. The minimum absolute atomic E-state index is 0.0844. The van der Waals surface area contributed by atoms with Crippen LogP contribution < -0.4 is 9.62 Å². The fraction of sp³-hybridized carbons (Fsp3) is 0.440. The first kappa shape index (κ1) is 27.7. The number of aryl methyl sites for hydroxylation is 2. The van der Waals surface area contributed by atoms with Gasteiger partial charge in [-0.3, -0.25) is 13.9 Å². The number of rotatable bonds is 11. The van der Waals surface area contributed by atoms with Crippen LogP contribution in [0.5, 0.6) is 0 Å². The van der Waals surface area contributed by atoms with Crippen LogP contribution in [-0.4, -0.2) is 50.5 Å². The molecule has 1 atom stereocenters.